The van der Waals surface area contributed by atoms with Gasteiger partial charge in [0.2, 0.25) is 0 Å². The molecule has 3 heteroatoms. The number of nitrogens with zero attached hydrogens (tertiary/aromatic N) is 2. The van der Waals surface area contributed by atoms with Gasteiger partial charge in [-0.25, -0.2) is 0 Å². The molecule has 0 amide bonds. The summed E-state index contributed by atoms with van der Waals surface area (Å²) in [6, 6.07) is 8.21. The second-order valence-corrected chi connectivity index (χ2v) is 4.68. The van der Waals surface area contributed by atoms with Crippen molar-refractivity contribution >= 4 is 27.6 Å². The lowest BCUT2D eigenvalue weighted by Gasteiger charge is -2.01. The molecule has 0 unspecified atom stereocenters. The molecule has 90 valence electrons. The molecule has 0 saturated carbocycles. The summed E-state index contributed by atoms with van der Waals surface area (Å²) in [4.78, 5) is 15.4. The first-order valence-electron chi connectivity index (χ1n) is 5.97. The summed E-state index contributed by atoms with van der Waals surface area (Å²) in [5, 5.41) is 2.34. The van der Waals surface area contributed by atoms with E-state index in [1.165, 1.54) is 10.9 Å². The summed E-state index contributed by atoms with van der Waals surface area (Å²) in [6.45, 7) is 1.62. The van der Waals surface area contributed by atoms with E-state index in [0.717, 1.165) is 16.5 Å². The maximum Gasteiger partial charge on any atom is 0.134 e. The minimum absolute atomic E-state index is 0.190. The molecule has 3 rings (SSSR count). The highest BCUT2D eigenvalue weighted by atomic mass is 16.1. The lowest BCUT2D eigenvalue weighted by atomic mass is 10.1. The number of hydrogen-bond donors (Lipinski definition) is 0. The van der Waals surface area contributed by atoms with Gasteiger partial charge >= 0.3 is 0 Å². The summed E-state index contributed by atoms with van der Waals surface area (Å²) in [5.74, 6) is 0.190. The largest absolute Gasteiger partial charge is 0.344 e. The van der Waals surface area contributed by atoms with Crippen molar-refractivity contribution < 1.29 is 4.79 Å². The van der Waals surface area contributed by atoms with Gasteiger partial charge in [0, 0.05) is 42.2 Å². The van der Waals surface area contributed by atoms with E-state index in [4.69, 9.17) is 0 Å². The monoisotopic (exact) mass is 238 g/mol. The number of aryl methyl sites for hydroxylation is 1. The zero-order valence-corrected chi connectivity index (χ0v) is 10.5. The molecule has 0 aliphatic rings. The molecular weight excluding hydrogens is 224 g/mol. The third-order valence-corrected chi connectivity index (χ3v) is 3.33. The standard InChI is InChI=1S/C15H14N2O/c1-10(18)7-11-3-4-12-13-9-16-6-5-14(13)17(2)15(12)8-11/h3-6,8-9H,7H2,1-2H3. The molecule has 0 bridgehead atoms. The molecule has 0 radical (unpaired) electrons. The van der Waals surface area contributed by atoms with Crippen LogP contribution in [0.25, 0.3) is 21.8 Å². The number of aromatic nitrogens is 2. The van der Waals surface area contributed by atoms with Crippen molar-refractivity contribution in [3.8, 4) is 0 Å². The van der Waals surface area contributed by atoms with E-state index in [2.05, 4.69) is 21.7 Å². The number of carbonyl (C=O) groups is 1. The van der Waals surface area contributed by atoms with Crippen LogP contribution in [-0.4, -0.2) is 15.3 Å². The van der Waals surface area contributed by atoms with Gasteiger partial charge in [0.25, 0.3) is 0 Å². The number of benzene rings is 1. The maximum atomic E-state index is 11.2. The topological polar surface area (TPSA) is 34.9 Å². The summed E-state index contributed by atoms with van der Waals surface area (Å²) < 4.78 is 2.15. The Labute approximate surface area is 105 Å². The molecule has 0 atom stereocenters. The van der Waals surface area contributed by atoms with E-state index in [9.17, 15) is 4.79 Å². The first-order valence-corrected chi connectivity index (χ1v) is 5.97. The Morgan fingerprint density at radius 1 is 1.22 bits per heavy atom. The molecule has 0 aliphatic heterocycles. The smallest absolute Gasteiger partial charge is 0.134 e. The van der Waals surface area contributed by atoms with Crippen molar-refractivity contribution in [2.75, 3.05) is 0 Å². The second-order valence-electron chi connectivity index (χ2n) is 4.68. The van der Waals surface area contributed by atoms with Crippen LogP contribution in [0.2, 0.25) is 0 Å². The van der Waals surface area contributed by atoms with Crippen molar-refractivity contribution in [2.24, 2.45) is 7.05 Å². The number of Topliss-reactive ketones (excluding diaryl/α,β-unsaturated/α-hetero) is 1. The normalized spacial score (nSPS) is 11.2. The third-order valence-electron chi connectivity index (χ3n) is 3.33. The first-order chi connectivity index (χ1) is 8.66. The highest BCUT2D eigenvalue weighted by Gasteiger charge is 2.08. The fraction of sp³-hybridized carbons (Fsp3) is 0.200. The molecule has 0 fully saturated rings. The van der Waals surface area contributed by atoms with Crippen LogP contribution in [0.3, 0.4) is 0 Å². The predicted octanol–water partition coefficient (Wildman–Crippen LogP) is 2.86. The van der Waals surface area contributed by atoms with Crippen LogP contribution >= 0.6 is 0 Å². The lowest BCUT2D eigenvalue weighted by Crippen LogP contribution is -1.96. The van der Waals surface area contributed by atoms with Crippen LogP contribution in [0.1, 0.15) is 12.5 Å². The molecule has 0 aliphatic carbocycles. The zero-order valence-electron chi connectivity index (χ0n) is 10.5. The van der Waals surface area contributed by atoms with Crippen molar-refractivity contribution in [3.63, 3.8) is 0 Å². The Hall–Kier alpha value is -2.16. The molecule has 3 nitrogen and oxygen atoms in total. The van der Waals surface area contributed by atoms with Crippen molar-refractivity contribution in [1.29, 1.82) is 0 Å². The second kappa shape index (κ2) is 3.95. The number of hydrogen-bond acceptors (Lipinski definition) is 2. The summed E-state index contributed by atoms with van der Waals surface area (Å²) in [5.41, 5.74) is 3.38. The number of rotatable bonds is 2. The molecule has 3 aromatic rings. The number of carbonyl (C=O) groups excluding carboxylic acids is 1. The van der Waals surface area contributed by atoms with E-state index in [1.54, 1.807) is 13.1 Å². The van der Waals surface area contributed by atoms with Crippen LogP contribution in [0.5, 0.6) is 0 Å². The maximum absolute atomic E-state index is 11.2. The summed E-state index contributed by atoms with van der Waals surface area (Å²) in [6.07, 6.45) is 4.19. The molecule has 0 spiro atoms. The van der Waals surface area contributed by atoms with Gasteiger partial charge in [-0.15, -0.1) is 0 Å². The van der Waals surface area contributed by atoms with Gasteiger partial charge < -0.3 is 4.57 Å². The Morgan fingerprint density at radius 2 is 2.06 bits per heavy atom. The molecule has 2 aromatic heterocycles. The Bertz CT molecular complexity index is 756. The van der Waals surface area contributed by atoms with Crippen molar-refractivity contribution in [1.82, 2.24) is 9.55 Å². The van der Waals surface area contributed by atoms with E-state index < -0.39 is 0 Å². The molecule has 1 aromatic carbocycles. The van der Waals surface area contributed by atoms with Gasteiger partial charge in [0.15, 0.2) is 0 Å². The SMILES string of the molecule is CC(=O)Cc1ccc2c3cnccc3n(C)c2c1. The van der Waals surface area contributed by atoms with E-state index >= 15 is 0 Å². The van der Waals surface area contributed by atoms with Gasteiger partial charge in [0.1, 0.15) is 5.78 Å². The lowest BCUT2D eigenvalue weighted by molar-refractivity contribution is -0.116. The molecule has 0 saturated heterocycles. The van der Waals surface area contributed by atoms with E-state index in [0.29, 0.717) is 6.42 Å². The van der Waals surface area contributed by atoms with Crippen LogP contribution in [-0.2, 0) is 18.3 Å². The Morgan fingerprint density at radius 3 is 2.83 bits per heavy atom. The third kappa shape index (κ3) is 1.59. The van der Waals surface area contributed by atoms with E-state index in [-0.39, 0.29) is 5.78 Å². The van der Waals surface area contributed by atoms with Crippen molar-refractivity contribution in [3.05, 3.63) is 42.2 Å². The fourth-order valence-electron chi connectivity index (χ4n) is 2.50. The molecular formula is C15H14N2O. The minimum Gasteiger partial charge on any atom is -0.344 e. The highest BCUT2D eigenvalue weighted by molar-refractivity contribution is 6.07. The Kier molecular flexibility index (Phi) is 2.40. The van der Waals surface area contributed by atoms with Gasteiger partial charge in [-0.1, -0.05) is 12.1 Å². The van der Waals surface area contributed by atoms with Crippen molar-refractivity contribution in [2.45, 2.75) is 13.3 Å². The van der Waals surface area contributed by atoms with Crippen LogP contribution < -0.4 is 0 Å². The van der Waals surface area contributed by atoms with Gasteiger partial charge in [0.05, 0.1) is 5.52 Å². The minimum atomic E-state index is 0.190. The van der Waals surface area contributed by atoms with Gasteiger partial charge in [-0.3, -0.25) is 9.78 Å². The first kappa shape index (κ1) is 11.0. The number of ketones is 1. The average molecular weight is 238 g/mol. The zero-order chi connectivity index (χ0) is 12.7. The molecule has 0 N–H and O–H groups in total. The fourth-order valence-corrected chi connectivity index (χ4v) is 2.50. The highest BCUT2D eigenvalue weighted by Crippen LogP contribution is 2.27. The van der Waals surface area contributed by atoms with Crippen LogP contribution in [0, 0.1) is 0 Å². The average Bonchev–Trinajstić information content (AvgIpc) is 2.63. The van der Waals surface area contributed by atoms with Crippen LogP contribution in [0.4, 0.5) is 0 Å². The quantitative estimate of drug-likeness (QED) is 0.688. The predicted molar refractivity (Wildman–Crippen MR) is 72.6 cm³/mol. The van der Waals surface area contributed by atoms with Gasteiger partial charge in [-0.2, -0.15) is 0 Å². The summed E-state index contributed by atoms with van der Waals surface area (Å²) in [7, 11) is 2.04. The Balaban J connectivity index is 2.31. The number of pyridine rings is 1. The molecule has 2 heterocycles. The number of fused-ring (bicyclic) bond motifs is 3. The van der Waals surface area contributed by atoms with Crippen LogP contribution in [0.15, 0.2) is 36.7 Å². The molecule has 18 heavy (non-hydrogen) atoms. The van der Waals surface area contributed by atoms with Gasteiger partial charge in [-0.05, 0) is 24.6 Å². The summed E-state index contributed by atoms with van der Waals surface area (Å²) >= 11 is 0. The van der Waals surface area contributed by atoms with E-state index in [1.807, 2.05) is 25.4 Å².